The number of nitrogens with zero attached hydrogens (tertiary/aromatic N) is 2. The van der Waals surface area contributed by atoms with E-state index in [4.69, 9.17) is 47.0 Å². The fourth-order valence-corrected chi connectivity index (χ4v) is 3.90. The molecule has 4 rings (SSSR count). The molecule has 146 valence electrons. The van der Waals surface area contributed by atoms with E-state index in [0.29, 0.717) is 31.9 Å². The lowest BCUT2D eigenvalue weighted by Gasteiger charge is -2.15. The van der Waals surface area contributed by atoms with Crippen LogP contribution in [0.1, 0.15) is 11.4 Å². The Morgan fingerprint density at radius 3 is 2.31 bits per heavy atom. The molecule has 29 heavy (non-hydrogen) atoms. The van der Waals surface area contributed by atoms with Gasteiger partial charge in [-0.15, -0.1) is 0 Å². The molecule has 0 aliphatic rings. The Balaban J connectivity index is 1.70. The molecule has 0 amide bonds. The highest BCUT2D eigenvalue weighted by molar-refractivity contribution is 7.71. The van der Waals surface area contributed by atoms with Gasteiger partial charge in [0.05, 0.1) is 15.7 Å². The summed E-state index contributed by atoms with van der Waals surface area (Å²) in [5.74, 6) is 0.775. The molecule has 0 saturated heterocycles. The lowest BCUT2D eigenvalue weighted by molar-refractivity contribution is 0.903. The molecule has 4 nitrogen and oxygen atoms in total. The van der Waals surface area contributed by atoms with Crippen LogP contribution in [0.4, 0.5) is 11.4 Å². The topological polar surface area (TPSA) is 45.6 Å². The van der Waals surface area contributed by atoms with Gasteiger partial charge in [0, 0.05) is 22.8 Å². The molecule has 1 heterocycles. The molecule has 0 atom stereocenters. The van der Waals surface area contributed by atoms with Gasteiger partial charge in [-0.3, -0.25) is 9.67 Å². The first-order valence-corrected chi connectivity index (χ1v) is 10.3. The molecular formula is C21H15Cl3N4S. The van der Waals surface area contributed by atoms with Gasteiger partial charge < -0.3 is 5.32 Å². The van der Waals surface area contributed by atoms with Crippen molar-refractivity contribution in [3.05, 3.63) is 98.0 Å². The zero-order valence-electron chi connectivity index (χ0n) is 15.0. The fraction of sp³-hybridized carbons (Fsp3) is 0.0476. The van der Waals surface area contributed by atoms with E-state index < -0.39 is 0 Å². The molecule has 0 fully saturated rings. The minimum atomic E-state index is 0.516. The smallest absolute Gasteiger partial charge is 0.199 e. The molecule has 0 unspecified atom stereocenters. The molecule has 0 saturated carbocycles. The lowest BCUT2D eigenvalue weighted by Crippen LogP contribution is -2.04. The van der Waals surface area contributed by atoms with Gasteiger partial charge in [0.1, 0.15) is 5.82 Å². The zero-order valence-corrected chi connectivity index (χ0v) is 18.1. The Morgan fingerprint density at radius 1 is 0.897 bits per heavy atom. The third-order valence-electron chi connectivity index (χ3n) is 4.41. The molecule has 0 aliphatic carbocycles. The first kappa shape index (κ1) is 20.0. The highest BCUT2D eigenvalue weighted by Gasteiger charge is 2.13. The van der Waals surface area contributed by atoms with Crippen LogP contribution >= 0.6 is 47.0 Å². The molecule has 8 heteroatoms. The Hall–Kier alpha value is -2.31. The number of nitrogens with one attached hydrogen (secondary N) is 2. The number of para-hydroxylation sites is 2. The van der Waals surface area contributed by atoms with E-state index in [1.807, 2.05) is 59.2 Å². The predicted octanol–water partition coefficient (Wildman–Crippen LogP) is 7.22. The quantitative estimate of drug-likeness (QED) is 0.308. The van der Waals surface area contributed by atoms with Gasteiger partial charge in [-0.1, -0.05) is 59.1 Å². The molecule has 0 bridgehead atoms. The standard InChI is InChI=1S/C21H15Cl3N4S/c22-14-8-10-15(11-9-14)28-19(26-27-21(28)29)12-13-4-1-2-7-18(13)25-20-16(23)5-3-6-17(20)24/h1-11,25H,12H2,(H,27,29). The van der Waals surface area contributed by atoms with E-state index in [1.165, 1.54) is 0 Å². The van der Waals surface area contributed by atoms with Crippen LogP contribution in [0.5, 0.6) is 0 Å². The van der Waals surface area contributed by atoms with Crippen LogP contribution in [-0.4, -0.2) is 14.8 Å². The summed E-state index contributed by atoms with van der Waals surface area (Å²) in [4.78, 5) is 0. The van der Waals surface area contributed by atoms with E-state index in [1.54, 1.807) is 12.1 Å². The maximum Gasteiger partial charge on any atom is 0.199 e. The number of anilines is 2. The second kappa shape index (κ2) is 8.59. The van der Waals surface area contributed by atoms with Crippen molar-refractivity contribution in [3.63, 3.8) is 0 Å². The Morgan fingerprint density at radius 2 is 1.59 bits per heavy atom. The van der Waals surface area contributed by atoms with Gasteiger partial charge >= 0.3 is 0 Å². The molecule has 3 aromatic carbocycles. The minimum Gasteiger partial charge on any atom is -0.353 e. The molecule has 2 N–H and O–H groups in total. The number of aromatic nitrogens is 3. The summed E-state index contributed by atoms with van der Waals surface area (Å²) in [7, 11) is 0. The summed E-state index contributed by atoms with van der Waals surface area (Å²) < 4.78 is 2.41. The number of H-pyrrole nitrogens is 1. The van der Waals surface area contributed by atoms with Crippen LogP contribution in [-0.2, 0) is 6.42 Å². The highest BCUT2D eigenvalue weighted by atomic mass is 35.5. The van der Waals surface area contributed by atoms with Gasteiger partial charge in [0.15, 0.2) is 4.77 Å². The molecular weight excluding hydrogens is 447 g/mol. The van der Waals surface area contributed by atoms with Crippen LogP contribution in [0.15, 0.2) is 66.7 Å². The highest BCUT2D eigenvalue weighted by Crippen LogP contribution is 2.34. The van der Waals surface area contributed by atoms with Crippen molar-refractivity contribution in [3.8, 4) is 5.69 Å². The van der Waals surface area contributed by atoms with Gasteiger partial charge in [0.25, 0.3) is 0 Å². The van der Waals surface area contributed by atoms with Crippen LogP contribution < -0.4 is 5.32 Å². The monoisotopic (exact) mass is 460 g/mol. The van der Waals surface area contributed by atoms with Crippen LogP contribution in [0.3, 0.4) is 0 Å². The maximum absolute atomic E-state index is 6.32. The average Bonchev–Trinajstić information content (AvgIpc) is 3.07. The summed E-state index contributed by atoms with van der Waals surface area (Å²) in [6.45, 7) is 0. The number of benzene rings is 3. The zero-order chi connectivity index (χ0) is 20.4. The van der Waals surface area contributed by atoms with Gasteiger partial charge in [-0.05, 0) is 60.2 Å². The maximum atomic E-state index is 6.32. The second-order valence-corrected chi connectivity index (χ2v) is 7.95. The predicted molar refractivity (Wildman–Crippen MR) is 123 cm³/mol. The largest absolute Gasteiger partial charge is 0.353 e. The van der Waals surface area contributed by atoms with Crippen LogP contribution in [0, 0.1) is 4.77 Å². The number of hydrogen-bond donors (Lipinski definition) is 2. The van der Waals surface area contributed by atoms with Gasteiger partial charge in [-0.2, -0.15) is 5.10 Å². The third kappa shape index (κ3) is 4.33. The van der Waals surface area contributed by atoms with E-state index in [0.717, 1.165) is 22.8 Å². The summed E-state index contributed by atoms with van der Waals surface area (Å²) >= 11 is 24.1. The summed E-state index contributed by atoms with van der Waals surface area (Å²) in [5, 5.41) is 12.4. The van der Waals surface area contributed by atoms with E-state index in [2.05, 4.69) is 15.5 Å². The first-order valence-electron chi connectivity index (χ1n) is 8.74. The lowest BCUT2D eigenvalue weighted by atomic mass is 10.1. The SMILES string of the molecule is S=c1[nH]nc(Cc2ccccc2Nc2c(Cl)cccc2Cl)n1-c1ccc(Cl)cc1. The number of hydrogen-bond acceptors (Lipinski definition) is 3. The molecule has 0 aliphatic heterocycles. The first-order chi connectivity index (χ1) is 14.0. The van der Waals surface area contributed by atoms with Crippen molar-refractivity contribution in [1.82, 2.24) is 14.8 Å². The van der Waals surface area contributed by atoms with Crippen molar-refractivity contribution in [2.24, 2.45) is 0 Å². The summed E-state index contributed by atoms with van der Waals surface area (Å²) in [6.07, 6.45) is 0.543. The van der Waals surface area contributed by atoms with Crippen LogP contribution in [0.2, 0.25) is 15.1 Å². The fourth-order valence-electron chi connectivity index (χ4n) is 3.02. The molecule has 4 aromatic rings. The Kier molecular flexibility index (Phi) is 5.92. The van der Waals surface area contributed by atoms with Crippen molar-refractivity contribution >= 4 is 58.4 Å². The molecule has 0 spiro atoms. The van der Waals surface area contributed by atoms with Crippen molar-refractivity contribution in [2.45, 2.75) is 6.42 Å². The van der Waals surface area contributed by atoms with Crippen LogP contribution in [0.25, 0.3) is 5.69 Å². The Labute approximate surface area is 188 Å². The van der Waals surface area contributed by atoms with Crippen molar-refractivity contribution in [1.29, 1.82) is 0 Å². The van der Waals surface area contributed by atoms with Crippen molar-refractivity contribution < 1.29 is 0 Å². The number of rotatable bonds is 5. The average molecular weight is 462 g/mol. The molecule has 0 radical (unpaired) electrons. The van der Waals surface area contributed by atoms with Gasteiger partial charge in [-0.25, -0.2) is 0 Å². The van der Waals surface area contributed by atoms with E-state index in [9.17, 15) is 0 Å². The normalized spacial score (nSPS) is 10.9. The van der Waals surface area contributed by atoms with E-state index in [-0.39, 0.29) is 0 Å². The Bertz CT molecular complexity index is 1200. The summed E-state index contributed by atoms with van der Waals surface area (Å²) in [6, 6.07) is 20.8. The third-order valence-corrected chi connectivity index (χ3v) is 5.57. The minimum absolute atomic E-state index is 0.516. The number of aromatic amines is 1. The second-order valence-electron chi connectivity index (χ2n) is 6.31. The molecule has 1 aromatic heterocycles. The van der Waals surface area contributed by atoms with E-state index >= 15 is 0 Å². The van der Waals surface area contributed by atoms with Gasteiger partial charge in [0.2, 0.25) is 0 Å². The number of halogens is 3. The summed E-state index contributed by atoms with van der Waals surface area (Å²) in [5.41, 5.74) is 3.47. The van der Waals surface area contributed by atoms with Crippen molar-refractivity contribution in [2.75, 3.05) is 5.32 Å².